The summed E-state index contributed by atoms with van der Waals surface area (Å²) < 4.78 is 24.4. The Morgan fingerprint density at radius 1 is 1.57 bits per heavy atom. The molecule has 0 saturated carbocycles. The summed E-state index contributed by atoms with van der Waals surface area (Å²) in [6.07, 6.45) is 0. The fourth-order valence-corrected chi connectivity index (χ4v) is 5.03. The molecule has 5 nitrogen and oxygen atoms in total. The maximum atomic E-state index is 12.1. The van der Waals surface area contributed by atoms with E-state index in [1.807, 2.05) is 10.3 Å². The van der Waals surface area contributed by atoms with Crippen LogP contribution in [0.5, 0.6) is 0 Å². The van der Waals surface area contributed by atoms with Crippen molar-refractivity contribution in [2.24, 2.45) is 4.99 Å². The summed E-state index contributed by atoms with van der Waals surface area (Å²) in [5, 5.41) is 5.34. The topological polar surface area (TPSA) is 61.8 Å². The van der Waals surface area contributed by atoms with Crippen LogP contribution in [0.3, 0.4) is 0 Å². The molecule has 8 heteroatoms. The van der Waals surface area contributed by atoms with Gasteiger partial charge >= 0.3 is 0 Å². The molecule has 1 aromatic rings. The molecular weight excluding hydrogens is 374 g/mol. The van der Waals surface area contributed by atoms with Crippen molar-refractivity contribution in [3.8, 4) is 0 Å². The Balaban J connectivity index is 2.02. The van der Waals surface area contributed by atoms with E-state index < -0.39 is 14.6 Å². The van der Waals surface area contributed by atoms with Crippen molar-refractivity contribution in [1.29, 1.82) is 0 Å². The van der Waals surface area contributed by atoms with Crippen LogP contribution in [0.2, 0.25) is 0 Å². The highest BCUT2D eigenvalue weighted by Gasteiger charge is 2.40. The normalized spacial score (nSPS) is 21.3. The summed E-state index contributed by atoms with van der Waals surface area (Å²) in [6.45, 7) is 5.19. The summed E-state index contributed by atoms with van der Waals surface area (Å²) in [7, 11) is -1.30. The van der Waals surface area contributed by atoms with Crippen molar-refractivity contribution in [3.63, 3.8) is 0 Å². The molecule has 0 radical (unpaired) electrons. The predicted molar refractivity (Wildman–Crippen MR) is 91.7 cm³/mol. The Hall–Kier alpha value is -0.600. The Morgan fingerprint density at radius 3 is 2.81 bits per heavy atom. The van der Waals surface area contributed by atoms with Crippen LogP contribution >= 0.6 is 27.3 Å². The van der Waals surface area contributed by atoms with E-state index in [2.05, 4.69) is 32.3 Å². The minimum Gasteiger partial charge on any atom is -0.351 e. The van der Waals surface area contributed by atoms with Crippen molar-refractivity contribution < 1.29 is 8.42 Å². The Labute approximate surface area is 138 Å². The summed E-state index contributed by atoms with van der Waals surface area (Å²) in [5.41, 5.74) is 0. The highest BCUT2D eigenvalue weighted by Crippen LogP contribution is 2.24. The van der Waals surface area contributed by atoms with Gasteiger partial charge in [0.25, 0.3) is 0 Å². The van der Waals surface area contributed by atoms with Gasteiger partial charge in [-0.3, -0.25) is 4.99 Å². The van der Waals surface area contributed by atoms with Crippen LogP contribution in [-0.4, -0.2) is 49.9 Å². The number of hydrogen-bond acceptors (Lipinski definition) is 4. The van der Waals surface area contributed by atoms with Gasteiger partial charge in [-0.25, -0.2) is 8.42 Å². The highest BCUT2D eigenvalue weighted by atomic mass is 79.9. The van der Waals surface area contributed by atoms with Crippen LogP contribution in [0.1, 0.15) is 18.7 Å². The molecule has 0 aromatic carbocycles. The first-order chi connectivity index (χ1) is 9.75. The Bertz CT molecular complexity index is 638. The van der Waals surface area contributed by atoms with Gasteiger partial charge in [-0.15, -0.1) is 11.3 Å². The molecule has 1 fully saturated rings. The molecule has 1 saturated heterocycles. The van der Waals surface area contributed by atoms with Crippen LogP contribution in [-0.2, 0) is 16.4 Å². The van der Waals surface area contributed by atoms with Gasteiger partial charge in [-0.05, 0) is 35.8 Å². The number of rotatable bonds is 2. The zero-order valence-corrected chi connectivity index (χ0v) is 15.6. The first-order valence-electron chi connectivity index (χ1n) is 6.66. The lowest BCUT2D eigenvalue weighted by molar-refractivity contribution is 0.353. The molecule has 0 atom stereocenters. The molecule has 1 aliphatic heterocycles. The number of halogens is 1. The SMILES string of the molecule is CN=C(NCc1cc(Br)cs1)N1CCS(=O)(=O)C(C)(C)C1. The van der Waals surface area contributed by atoms with Gasteiger partial charge in [0.2, 0.25) is 0 Å². The molecule has 0 amide bonds. The average Bonchev–Trinajstić information content (AvgIpc) is 2.80. The molecule has 0 aliphatic carbocycles. The Kier molecular flexibility index (Phi) is 4.99. The zero-order valence-electron chi connectivity index (χ0n) is 12.4. The minimum absolute atomic E-state index is 0.172. The summed E-state index contributed by atoms with van der Waals surface area (Å²) in [4.78, 5) is 7.49. The lowest BCUT2D eigenvalue weighted by atomic mass is 10.2. The number of nitrogens with zero attached hydrogens (tertiary/aromatic N) is 2. The van der Waals surface area contributed by atoms with Crippen LogP contribution in [0.15, 0.2) is 20.9 Å². The van der Waals surface area contributed by atoms with E-state index in [0.717, 1.165) is 10.4 Å². The number of aliphatic imine (C=N–C) groups is 1. The maximum absolute atomic E-state index is 12.1. The first-order valence-corrected chi connectivity index (χ1v) is 9.98. The third kappa shape index (κ3) is 3.78. The fourth-order valence-electron chi connectivity index (χ4n) is 2.27. The van der Waals surface area contributed by atoms with E-state index in [1.54, 1.807) is 32.2 Å². The second kappa shape index (κ2) is 6.26. The number of sulfone groups is 1. The van der Waals surface area contributed by atoms with Gasteiger partial charge in [0.05, 0.1) is 17.0 Å². The summed E-state index contributed by atoms with van der Waals surface area (Å²) in [5.74, 6) is 0.924. The second-order valence-electron chi connectivity index (χ2n) is 5.63. The highest BCUT2D eigenvalue weighted by molar-refractivity contribution is 9.10. The molecule has 1 aliphatic rings. The van der Waals surface area contributed by atoms with Crippen LogP contribution < -0.4 is 5.32 Å². The lowest BCUT2D eigenvalue weighted by Gasteiger charge is -2.39. The van der Waals surface area contributed by atoms with Gasteiger partial charge in [0, 0.05) is 34.9 Å². The average molecular weight is 394 g/mol. The number of hydrogen-bond donors (Lipinski definition) is 1. The molecule has 118 valence electrons. The number of guanidine groups is 1. The molecule has 2 heterocycles. The summed E-state index contributed by atoms with van der Waals surface area (Å²) >= 11 is 5.10. The van der Waals surface area contributed by atoms with Crippen LogP contribution in [0.25, 0.3) is 0 Å². The van der Waals surface area contributed by atoms with E-state index in [-0.39, 0.29) is 5.75 Å². The number of thiophene rings is 1. The van der Waals surface area contributed by atoms with Gasteiger partial charge in [0.1, 0.15) is 0 Å². The van der Waals surface area contributed by atoms with Crippen LogP contribution in [0, 0.1) is 0 Å². The Morgan fingerprint density at radius 2 is 2.29 bits per heavy atom. The maximum Gasteiger partial charge on any atom is 0.194 e. The third-order valence-electron chi connectivity index (χ3n) is 3.60. The summed E-state index contributed by atoms with van der Waals surface area (Å²) in [6, 6.07) is 2.07. The predicted octanol–water partition coefficient (Wildman–Crippen LogP) is 2.09. The second-order valence-corrected chi connectivity index (χ2v) is 10.3. The van der Waals surface area contributed by atoms with Crippen molar-refractivity contribution >= 4 is 43.1 Å². The molecule has 21 heavy (non-hydrogen) atoms. The largest absolute Gasteiger partial charge is 0.351 e. The van der Waals surface area contributed by atoms with Gasteiger partial charge in [-0.1, -0.05) is 0 Å². The standard InChI is InChI=1S/C13H20BrN3O2S2/c1-13(2)9-17(4-5-21(13,18)19)12(15-3)16-7-11-6-10(14)8-20-11/h6,8H,4-5,7,9H2,1-3H3,(H,15,16). The van der Waals surface area contributed by atoms with E-state index in [0.29, 0.717) is 19.6 Å². The first kappa shape index (κ1) is 16.8. The van der Waals surface area contributed by atoms with Crippen LogP contribution in [0.4, 0.5) is 0 Å². The van der Waals surface area contributed by atoms with Gasteiger partial charge in [0.15, 0.2) is 15.8 Å². The van der Waals surface area contributed by atoms with Gasteiger partial charge in [-0.2, -0.15) is 0 Å². The molecule has 1 aromatic heterocycles. The molecule has 2 rings (SSSR count). The van der Waals surface area contributed by atoms with Crippen molar-refractivity contribution in [2.45, 2.75) is 25.1 Å². The van der Waals surface area contributed by atoms with E-state index in [9.17, 15) is 8.42 Å². The zero-order chi connectivity index (χ0) is 15.7. The lowest BCUT2D eigenvalue weighted by Crippen LogP contribution is -2.57. The van der Waals surface area contributed by atoms with Crippen molar-refractivity contribution in [1.82, 2.24) is 10.2 Å². The van der Waals surface area contributed by atoms with E-state index >= 15 is 0 Å². The fraction of sp³-hybridized carbons (Fsp3) is 0.615. The van der Waals surface area contributed by atoms with Crippen molar-refractivity contribution in [2.75, 3.05) is 25.9 Å². The molecule has 0 bridgehead atoms. The van der Waals surface area contributed by atoms with Crippen molar-refractivity contribution in [3.05, 3.63) is 20.8 Å². The molecular formula is C13H20BrN3O2S2. The smallest absolute Gasteiger partial charge is 0.194 e. The minimum atomic E-state index is -3.03. The van der Waals surface area contributed by atoms with Gasteiger partial charge < -0.3 is 10.2 Å². The van der Waals surface area contributed by atoms with E-state index in [4.69, 9.17) is 0 Å². The monoisotopic (exact) mass is 393 g/mol. The van der Waals surface area contributed by atoms with E-state index in [1.165, 1.54) is 4.88 Å². The molecule has 0 spiro atoms. The quantitative estimate of drug-likeness (QED) is 0.617. The molecule has 1 N–H and O–H groups in total. The molecule has 0 unspecified atom stereocenters. The third-order valence-corrected chi connectivity index (χ3v) is 7.83. The number of nitrogens with one attached hydrogen (secondary N) is 1.